The van der Waals surface area contributed by atoms with Gasteiger partial charge in [0.05, 0.1) is 24.9 Å². The average molecular weight is 331 g/mol. The zero-order valence-corrected chi connectivity index (χ0v) is 14.4. The molecule has 124 valence electrons. The average Bonchev–Trinajstić information content (AvgIpc) is 2.61. The van der Waals surface area contributed by atoms with Crippen LogP contribution < -0.4 is 5.32 Å². The summed E-state index contributed by atoms with van der Waals surface area (Å²) < 4.78 is 6.25. The van der Waals surface area contributed by atoms with Crippen LogP contribution in [-0.2, 0) is 11.2 Å². The molecule has 1 aromatic carbocycles. The van der Waals surface area contributed by atoms with Gasteiger partial charge in [-0.1, -0.05) is 37.3 Å². The SMILES string of the molecule is CCc1ccc2c(c1)C1OC(CO)CCC1[C@H](/C=C/C=C\S)N2. The first-order valence-electron chi connectivity index (χ1n) is 8.40. The predicted octanol–water partition coefficient (Wildman–Crippen LogP) is 3.87. The van der Waals surface area contributed by atoms with Gasteiger partial charge < -0.3 is 15.2 Å². The molecule has 4 heteroatoms. The smallest absolute Gasteiger partial charge is 0.0900 e. The number of aliphatic hydroxyl groups is 1. The first-order valence-corrected chi connectivity index (χ1v) is 8.91. The molecule has 2 aliphatic rings. The molecule has 1 fully saturated rings. The lowest BCUT2D eigenvalue weighted by molar-refractivity contribution is -0.106. The highest BCUT2D eigenvalue weighted by Crippen LogP contribution is 2.45. The third-order valence-corrected chi connectivity index (χ3v) is 5.06. The maximum absolute atomic E-state index is 9.50. The van der Waals surface area contributed by atoms with Gasteiger partial charge in [0.2, 0.25) is 0 Å². The molecule has 3 nitrogen and oxygen atoms in total. The summed E-state index contributed by atoms with van der Waals surface area (Å²) in [4.78, 5) is 0. The summed E-state index contributed by atoms with van der Waals surface area (Å²) in [7, 11) is 0. The van der Waals surface area contributed by atoms with Crippen LogP contribution in [0.2, 0.25) is 0 Å². The molecule has 0 saturated carbocycles. The van der Waals surface area contributed by atoms with Crippen molar-refractivity contribution in [1.29, 1.82) is 0 Å². The lowest BCUT2D eigenvalue weighted by Gasteiger charge is -2.44. The van der Waals surface area contributed by atoms with Gasteiger partial charge in [-0.2, -0.15) is 12.6 Å². The minimum Gasteiger partial charge on any atom is -0.394 e. The Morgan fingerprint density at radius 2 is 2.22 bits per heavy atom. The maximum Gasteiger partial charge on any atom is 0.0900 e. The van der Waals surface area contributed by atoms with Gasteiger partial charge in [0, 0.05) is 17.2 Å². The zero-order valence-electron chi connectivity index (χ0n) is 13.5. The lowest BCUT2D eigenvalue weighted by Crippen LogP contribution is -2.43. The molecule has 3 rings (SSSR count). The fraction of sp³-hybridized carbons (Fsp3) is 0.474. The molecule has 0 aliphatic carbocycles. The second-order valence-corrected chi connectivity index (χ2v) is 6.57. The van der Waals surface area contributed by atoms with Crippen LogP contribution in [-0.4, -0.2) is 23.9 Å². The Labute approximate surface area is 143 Å². The number of benzene rings is 1. The van der Waals surface area contributed by atoms with Gasteiger partial charge in [-0.25, -0.2) is 0 Å². The van der Waals surface area contributed by atoms with E-state index in [-0.39, 0.29) is 24.9 Å². The molecule has 4 atom stereocenters. The van der Waals surface area contributed by atoms with Crippen molar-refractivity contribution >= 4 is 18.3 Å². The van der Waals surface area contributed by atoms with Crippen LogP contribution in [0.4, 0.5) is 5.69 Å². The van der Waals surface area contributed by atoms with E-state index in [2.05, 4.69) is 49.1 Å². The Hall–Kier alpha value is -1.23. The summed E-state index contributed by atoms with van der Waals surface area (Å²) in [5.41, 5.74) is 3.71. The Bertz CT molecular complexity index is 599. The highest BCUT2D eigenvalue weighted by molar-refractivity contribution is 7.83. The van der Waals surface area contributed by atoms with Gasteiger partial charge in [0.1, 0.15) is 0 Å². The number of hydrogen-bond acceptors (Lipinski definition) is 4. The molecule has 2 aliphatic heterocycles. The predicted molar refractivity (Wildman–Crippen MR) is 97.9 cm³/mol. The van der Waals surface area contributed by atoms with Gasteiger partial charge >= 0.3 is 0 Å². The molecule has 0 spiro atoms. The van der Waals surface area contributed by atoms with Crippen LogP contribution in [0.15, 0.2) is 41.8 Å². The normalized spacial score (nSPS) is 30.2. The maximum atomic E-state index is 9.50. The van der Waals surface area contributed by atoms with Crippen LogP contribution in [0.1, 0.15) is 37.0 Å². The van der Waals surface area contributed by atoms with E-state index in [4.69, 9.17) is 4.74 Å². The molecule has 2 N–H and O–H groups in total. The largest absolute Gasteiger partial charge is 0.394 e. The lowest BCUT2D eigenvalue weighted by atomic mass is 9.78. The first kappa shape index (κ1) is 16.6. The molecular formula is C19H25NO2S. The third kappa shape index (κ3) is 3.49. The summed E-state index contributed by atoms with van der Waals surface area (Å²) in [6.45, 7) is 2.27. The number of hydrogen-bond donors (Lipinski definition) is 3. The van der Waals surface area contributed by atoms with Crippen molar-refractivity contribution in [2.24, 2.45) is 5.92 Å². The Morgan fingerprint density at radius 1 is 1.35 bits per heavy atom. The Morgan fingerprint density at radius 3 is 2.96 bits per heavy atom. The summed E-state index contributed by atoms with van der Waals surface area (Å²) in [5.74, 6) is 0.391. The molecule has 23 heavy (non-hydrogen) atoms. The van der Waals surface area contributed by atoms with Crippen LogP contribution in [0.5, 0.6) is 0 Å². The number of nitrogens with one attached hydrogen (secondary N) is 1. The second kappa shape index (κ2) is 7.56. The molecule has 1 aromatic rings. The van der Waals surface area contributed by atoms with Gasteiger partial charge in [-0.3, -0.25) is 0 Å². The van der Waals surface area contributed by atoms with Crippen LogP contribution in [0, 0.1) is 5.92 Å². The highest BCUT2D eigenvalue weighted by atomic mass is 32.1. The van der Waals surface area contributed by atoms with Crippen molar-refractivity contribution in [3.63, 3.8) is 0 Å². The van der Waals surface area contributed by atoms with Gasteiger partial charge in [-0.15, -0.1) is 0 Å². The standard InChI is InChI=1S/C19H25NO2S/c1-2-13-6-9-18-16(11-13)19-15(8-7-14(12-21)22-19)17(20-18)5-3-4-10-23/h3-6,9-11,14-15,17,19-21,23H,2,7-8,12H2,1H3/b5-3+,10-4-/t14?,15?,17-,19?/m0/s1. The minimum absolute atomic E-state index is 0.0468. The van der Waals surface area contributed by atoms with Crippen molar-refractivity contribution in [1.82, 2.24) is 0 Å². The van der Waals surface area contributed by atoms with Crippen molar-refractivity contribution in [3.8, 4) is 0 Å². The molecule has 0 aromatic heterocycles. The minimum atomic E-state index is -0.0468. The number of rotatable bonds is 4. The number of aliphatic hydroxyl groups excluding tert-OH is 1. The molecule has 3 unspecified atom stereocenters. The Kier molecular flexibility index (Phi) is 5.46. The van der Waals surface area contributed by atoms with Crippen LogP contribution >= 0.6 is 12.6 Å². The van der Waals surface area contributed by atoms with Crippen molar-refractivity contribution in [2.75, 3.05) is 11.9 Å². The van der Waals surface area contributed by atoms with Crippen molar-refractivity contribution in [2.45, 2.75) is 44.4 Å². The highest BCUT2D eigenvalue weighted by Gasteiger charge is 2.40. The monoisotopic (exact) mass is 331 g/mol. The summed E-state index contributed by atoms with van der Waals surface area (Å²) in [6, 6.07) is 6.83. The molecule has 1 saturated heterocycles. The van der Waals surface area contributed by atoms with E-state index in [0.29, 0.717) is 5.92 Å². The van der Waals surface area contributed by atoms with E-state index in [0.717, 1.165) is 24.9 Å². The number of aryl methyl sites for hydroxylation is 1. The molecule has 2 heterocycles. The quantitative estimate of drug-likeness (QED) is 0.579. The number of fused-ring (bicyclic) bond motifs is 3. The van der Waals surface area contributed by atoms with Gasteiger partial charge in [0.15, 0.2) is 0 Å². The van der Waals surface area contributed by atoms with E-state index in [9.17, 15) is 5.11 Å². The summed E-state index contributed by atoms with van der Waals surface area (Å²) >= 11 is 4.10. The van der Waals surface area contributed by atoms with Crippen LogP contribution in [0.3, 0.4) is 0 Å². The molecule has 0 radical (unpaired) electrons. The molecule has 0 amide bonds. The number of ether oxygens (including phenoxy) is 1. The van der Waals surface area contributed by atoms with E-state index in [1.807, 2.05) is 12.2 Å². The second-order valence-electron chi connectivity index (χ2n) is 6.27. The third-order valence-electron chi connectivity index (χ3n) is 4.88. The number of thiol groups is 1. The summed E-state index contributed by atoms with van der Waals surface area (Å²) in [6.07, 6.45) is 9.13. The fourth-order valence-corrected chi connectivity index (χ4v) is 3.72. The van der Waals surface area contributed by atoms with Crippen molar-refractivity contribution in [3.05, 3.63) is 53.0 Å². The topological polar surface area (TPSA) is 41.5 Å². The molecule has 0 bridgehead atoms. The van der Waals surface area contributed by atoms with Gasteiger partial charge in [-0.05, 0) is 36.3 Å². The Balaban J connectivity index is 1.94. The first-order chi connectivity index (χ1) is 11.3. The van der Waals surface area contributed by atoms with Crippen molar-refractivity contribution < 1.29 is 9.84 Å². The number of allylic oxidation sites excluding steroid dienone is 2. The van der Waals surface area contributed by atoms with E-state index in [1.165, 1.54) is 11.1 Å². The fourth-order valence-electron chi connectivity index (χ4n) is 3.62. The van der Waals surface area contributed by atoms with E-state index >= 15 is 0 Å². The van der Waals surface area contributed by atoms with E-state index in [1.54, 1.807) is 5.41 Å². The van der Waals surface area contributed by atoms with Crippen LogP contribution in [0.25, 0.3) is 0 Å². The van der Waals surface area contributed by atoms with E-state index < -0.39 is 0 Å². The summed E-state index contributed by atoms with van der Waals surface area (Å²) in [5, 5.41) is 14.9. The van der Waals surface area contributed by atoms with Gasteiger partial charge in [0.25, 0.3) is 0 Å². The molecular weight excluding hydrogens is 306 g/mol. The zero-order chi connectivity index (χ0) is 16.2. The number of anilines is 1.